The van der Waals surface area contributed by atoms with Crippen LogP contribution < -0.4 is 5.56 Å². The fourth-order valence-corrected chi connectivity index (χ4v) is 2.12. The summed E-state index contributed by atoms with van der Waals surface area (Å²) in [6, 6.07) is 1.60. The molecule has 0 saturated carbocycles. The van der Waals surface area contributed by atoms with Gasteiger partial charge in [0.2, 0.25) is 0 Å². The van der Waals surface area contributed by atoms with E-state index >= 15 is 0 Å². The molecule has 0 aliphatic heterocycles. The van der Waals surface area contributed by atoms with Gasteiger partial charge in [-0.2, -0.15) is 0 Å². The fourth-order valence-electron chi connectivity index (χ4n) is 1.79. The predicted molar refractivity (Wildman–Crippen MR) is 69.4 cm³/mol. The molecule has 3 nitrogen and oxygen atoms in total. The third-order valence-corrected chi connectivity index (χ3v) is 3.05. The van der Waals surface area contributed by atoms with Crippen molar-refractivity contribution in [2.45, 2.75) is 52.5 Å². The van der Waals surface area contributed by atoms with Crippen molar-refractivity contribution < 1.29 is 0 Å². The second kappa shape index (κ2) is 6.63. The number of hydrogen-bond donors (Lipinski definition) is 1. The molecule has 0 atom stereocenters. The monoisotopic (exact) mass is 240 g/mol. The van der Waals surface area contributed by atoms with Crippen molar-refractivity contribution in [3.8, 4) is 0 Å². The molecule has 1 N–H and O–H groups in total. The van der Waals surface area contributed by atoms with Gasteiger partial charge in [0, 0.05) is 18.3 Å². The summed E-state index contributed by atoms with van der Waals surface area (Å²) in [5.41, 5.74) is 0.842. The summed E-state index contributed by atoms with van der Waals surface area (Å²) >= 11 is 5.14. The molecular weight excluding hydrogens is 220 g/mol. The molecule has 16 heavy (non-hydrogen) atoms. The lowest BCUT2D eigenvalue weighted by Crippen LogP contribution is -2.15. The smallest absolute Gasteiger partial charge is 0.251 e. The molecule has 1 rings (SSSR count). The van der Waals surface area contributed by atoms with Gasteiger partial charge < -0.3 is 4.57 Å². The Hall–Kier alpha value is -0.900. The first-order chi connectivity index (χ1) is 7.65. The second-order valence-electron chi connectivity index (χ2n) is 4.15. The summed E-state index contributed by atoms with van der Waals surface area (Å²) in [5.74, 6) is 0. The predicted octanol–water partition coefficient (Wildman–Crippen LogP) is 3.18. The molecule has 4 heteroatoms. The normalized spacial score (nSPS) is 10.6. The number of nitrogens with one attached hydrogen (secondary N) is 1. The van der Waals surface area contributed by atoms with Gasteiger partial charge in [0.25, 0.3) is 5.56 Å². The Morgan fingerprint density at radius 2 is 2.00 bits per heavy atom. The molecule has 1 aromatic heterocycles. The molecule has 1 aromatic rings. The van der Waals surface area contributed by atoms with Gasteiger partial charge in [0.15, 0.2) is 4.77 Å². The van der Waals surface area contributed by atoms with E-state index in [1.54, 1.807) is 6.07 Å². The van der Waals surface area contributed by atoms with Crippen molar-refractivity contribution in [1.29, 1.82) is 0 Å². The second-order valence-corrected chi connectivity index (χ2v) is 4.53. The number of rotatable bonds is 6. The lowest BCUT2D eigenvalue weighted by Gasteiger charge is -2.09. The molecule has 0 bridgehead atoms. The van der Waals surface area contributed by atoms with Crippen LogP contribution in [-0.2, 0) is 6.54 Å². The van der Waals surface area contributed by atoms with Crippen molar-refractivity contribution in [2.24, 2.45) is 0 Å². The maximum Gasteiger partial charge on any atom is 0.251 e. The van der Waals surface area contributed by atoms with Crippen LogP contribution in [0.5, 0.6) is 0 Å². The van der Waals surface area contributed by atoms with E-state index in [1.807, 2.05) is 11.5 Å². The Kier molecular flexibility index (Phi) is 5.46. The van der Waals surface area contributed by atoms with Crippen LogP contribution in [0.4, 0.5) is 0 Å². The highest BCUT2D eigenvalue weighted by atomic mass is 32.1. The highest BCUT2D eigenvalue weighted by Gasteiger charge is 1.99. The SMILES string of the molecule is CCCCCCCn1c(C)cc(=O)[nH]c1=S. The minimum absolute atomic E-state index is 0.107. The van der Waals surface area contributed by atoms with E-state index in [-0.39, 0.29) is 5.56 Å². The number of hydrogen-bond acceptors (Lipinski definition) is 2. The third-order valence-electron chi connectivity index (χ3n) is 2.73. The molecule has 0 aromatic carbocycles. The zero-order valence-corrected chi connectivity index (χ0v) is 10.9. The number of nitrogens with zero attached hydrogens (tertiary/aromatic N) is 1. The van der Waals surface area contributed by atoms with Gasteiger partial charge in [-0.3, -0.25) is 9.78 Å². The van der Waals surface area contributed by atoms with Crippen molar-refractivity contribution >= 4 is 12.2 Å². The first-order valence-corrected chi connectivity index (χ1v) is 6.36. The van der Waals surface area contributed by atoms with Crippen LogP contribution in [0.3, 0.4) is 0 Å². The average Bonchev–Trinajstić information content (AvgIpc) is 2.20. The number of aromatic amines is 1. The summed E-state index contributed by atoms with van der Waals surface area (Å²) in [4.78, 5) is 13.8. The summed E-state index contributed by atoms with van der Waals surface area (Å²) in [5, 5.41) is 0. The molecule has 0 saturated heterocycles. The summed E-state index contributed by atoms with van der Waals surface area (Å²) < 4.78 is 2.54. The third kappa shape index (κ3) is 3.93. The zero-order valence-electron chi connectivity index (χ0n) is 10.1. The van der Waals surface area contributed by atoms with E-state index in [9.17, 15) is 4.79 Å². The van der Waals surface area contributed by atoms with Crippen LogP contribution in [0, 0.1) is 11.7 Å². The van der Waals surface area contributed by atoms with Gasteiger partial charge in [-0.25, -0.2) is 0 Å². The molecule has 90 valence electrons. The van der Waals surface area contributed by atoms with Gasteiger partial charge >= 0.3 is 0 Å². The van der Waals surface area contributed by atoms with Gasteiger partial charge in [-0.1, -0.05) is 32.6 Å². The minimum Gasteiger partial charge on any atom is -0.323 e. The number of unbranched alkanes of at least 4 members (excludes halogenated alkanes) is 4. The van der Waals surface area contributed by atoms with E-state index in [2.05, 4.69) is 11.9 Å². The minimum atomic E-state index is -0.107. The number of aromatic nitrogens is 2. The molecule has 0 unspecified atom stereocenters. The topological polar surface area (TPSA) is 37.8 Å². The first kappa shape index (κ1) is 13.2. The number of aryl methyl sites for hydroxylation is 1. The molecule has 0 amide bonds. The molecule has 0 aliphatic carbocycles. The quantitative estimate of drug-likeness (QED) is 0.612. The van der Waals surface area contributed by atoms with Crippen LogP contribution in [0.15, 0.2) is 10.9 Å². The maximum absolute atomic E-state index is 11.1. The Labute approximate surface area is 102 Å². The van der Waals surface area contributed by atoms with Crippen molar-refractivity contribution in [3.63, 3.8) is 0 Å². The Morgan fingerprint density at radius 1 is 1.31 bits per heavy atom. The zero-order chi connectivity index (χ0) is 12.0. The molecule has 0 aliphatic rings. The molecule has 1 heterocycles. The average molecular weight is 240 g/mol. The largest absolute Gasteiger partial charge is 0.323 e. The van der Waals surface area contributed by atoms with Crippen LogP contribution in [0.1, 0.15) is 44.7 Å². The highest BCUT2D eigenvalue weighted by molar-refractivity contribution is 7.71. The Balaban J connectivity index is 2.54. The standard InChI is InChI=1S/C12H20N2OS/c1-3-4-5-6-7-8-14-10(2)9-11(15)13-12(14)16/h9H,3-8H2,1-2H3,(H,13,15,16). The molecule has 0 fully saturated rings. The van der Waals surface area contributed by atoms with Crippen LogP contribution in [-0.4, -0.2) is 9.55 Å². The van der Waals surface area contributed by atoms with Gasteiger partial charge in [0.1, 0.15) is 0 Å². The molecule has 0 spiro atoms. The van der Waals surface area contributed by atoms with Crippen molar-refractivity contribution in [2.75, 3.05) is 0 Å². The summed E-state index contributed by atoms with van der Waals surface area (Å²) in [7, 11) is 0. The van der Waals surface area contributed by atoms with Crippen molar-refractivity contribution in [3.05, 3.63) is 26.9 Å². The summed E-state index contributed by atoms with van der Waals surface area (Å²) in [6.07, 6.45) is 6.20. The van der Waals surface area contributed by atoms with Gasteiger partial charge in [0.05, 0.1) is 0 Å². The maximum atomic E-state index is 11.1. The Morgan fingerprint density at radius 3 is 2.62 bits per heavy atom. The number of H-pyrrole nitrogens is 1. The summed E-state index contributed by atoms with van der Waals surface area (Å²) in [6.45, 7) is 5.05. The van der Waals surface area contributed by atoms with E-state index in [4.69, 9.17) is 12.2 Å². The van der Waals surface area contributed by atoms with Crippen molar-refractivity contribution in [1.82, 2.24) is 9.55 Å². The van der Waals surface area contributed by atoms with E-state index in [1.165, 1.54) is 25.7 Å². The van der Waals surface area contributed by atoms with Gasteiger partial charge in [-0.05, 0) is 25.6 Å². The van der Waals surface area contributed by atoms with Crippen LogP contribution >= 0.6 is 12.2 Å². The molecule has 0 radical (unpaired) electrons. The van der Waals surface area contributed by atoms with Gasteiger partial charge in [-0.15, -0.1) is 0 Å². The fraction of sp³-hybridized carbons (Fsp3) is 0.667. The van der Waals surface area contributed by atoms with Crippen LogP contribution in [0.25, 0.3) is 0 Å². The van der Waals surface area contributed by atoms with E-state index in [0.717, 1.165) is 18.7 Å². The lowest BCUT2D eigenvalue weighted by atomic mass is 10.1. The first-order valence-electron chi connectivity index (χ1n) is 5.96. The Bertz CT molecular complexity index is 433. The van der Waals surface area contributed by atoms with E-state index in [0.29, 0.717) is 4.77 Å². The van der Waals surface area contributed by atoms with E-state index < -0.39 is 0 Å². The van der Waals surface area contributed by atoms with Crippen LogP contribution in [0.2, 0.25) is 0 Å². The molecular formula is C12H20N2OS. The highest BCUT2D eigenvalue weighted by Crippen LogP contribution is 2.05. The lowest BCUT2D eigenvalue weighted by molar-refractivity contribution is 0.548.